The molecule has 0 unspecified atom stereocenters. The van der Waals surface area contributed by atoms with Crippen molar-refractivity contribution in [1.29, 1.82) is 0 Å². The average molecular weight is 605 g/mol. The van der Waals surface area contributed by atoms with Crippen LogP contribution in [0.4, 0.5) is 5.69 Å². The Morgan fingerprint density at radius 3 is 2.00 bits per heavy atom. The summed E-state index contributed by atoms with van der Waals surface area (Å²) in [5.74, 6) is -0.869. The smallest absolute Gasteiger partial charge is 0.264 e. The van der Waals surface area contributed by atoms with E-state index in [0.29, 0.717) is 0 Å². The minimum atomic E-state index is -4.19. The molecule has 0 spiro atoms. The number of sulfonamides is 1. The third kappa shape index (κ3) is 7.77. The molecular formula is C30H35Cl2N3O4S. The molecule has 3 aromatic carbocycles. The molecule has 0 saturated heterocycles. The first kappa shape index (κ1) is 31.5. The Labute approximate surface area is 247 Å². The molecule has 1 N–H and O–H groups in total. The van der Waals surface area contributed by atoms with Crippen LogP contribution in [0.3, 0.4) is 0 Å². The second kappa shape index (κ2) is 13.5. The molecule has 0 fully saturated rings. The number of nitrogens with one attached hydrogen (secondary N) is 1. The van der Waals surface area contributed by atoms with Crippen molar-refractivity contribution in [2.75, 3.05) is 10.8 Å². The van der Waals surface area contributed by atoms with Crippen LogP contribution in [0.25, 0.3) is 0 Å². The zero-order valence-corrected chi connectivity index (χ0v) is 25.6. The van der Waals surface area contributed by atoms with E-state index >= 15 is 0 Å². The van der Waals surface area contributed by atoms with Crippen LogP contribution in [0.1, 0.15) is 43.9 Å². The molecule has 3 rings (SSSR count). The molecule has 0 aliphatic heterocycles. The molecule has 0 bridgehead atoms. The van der Waals surface area contributed by atoms with E-state index in [1.165, 1.54) is 35.2 Å². The first-order valence-electron chi connectivity index (χ1n) is 13.0. The molecule has 0 heterocycles. The Hall–Kier alpha value is -3.07. The largest absolute Gasteiger partial charge is 0.352 e. The minimum absolute atomic E-state index is 0.0182. The number of rotatable bonds is 11. The van der Waals surface area contributed by atoms with Crippen molar-refractivity contribution in [3.63, 3.8) is 0 Å². The Morgan fingerprint density at radius 2 is 1.45 bits per heavy atom. The van der Waals surface area contributed by atoms with Gasteiger partial charge in [-0.2, -0.15) is 0 Å². The molecule has 0 aliphatic rings. The highest BCUT2D eigenvalue weighted by Gasteiger charge is 2.33. The predicted octanol–water partition coefficient (Wildman–Crippen LogP) is 6.14. The lowest BCUT2D eigenvalue weighted by atomic mass is 10.1. The standard InChI is InChI=1S/C30H35Cl2N3O4S/c1-6-22(4)33-30(37)23(5)34(18-24-11-7-20(2)8-12-24)29(36)19-35(25-13-16-27(31)28(32)17-25)40(38,39)26-14-9-21(3)10-15-26/h7-17,22-23H,6,18-19H2,1-5H3,(H,33,37)/t22-,23-/m0/s1. The van der Waals surface area contributed by atoms with Crippen LogP contribution in [-0.2, 0) is 26.2 Å². The van der Waals surface area contributed by atoms with Gasteiger partial charge >= 0.3 is 0 Å². The van der Waals surface area contributed by atoms with E-state index < -0.39 is 28.5 Å². The summed E-state index contributed by atoms with van der Waals surface area (Å²) in [6.07, 6.45) is 0.726. The molecule has 214 valence electrons. The van der Waals surface area contributed by atoms with Crippen molar-refractivity contribution in [3.8, 4) is 0 Å². The zero-order valence-electron chi connectivity index (χ0n) is 23.3. The van der Waals surface area contributed by atoms with Crippen molar-refractivity contribution in [1.82, 2.24) is 10.2 Å². The monoisotopic (exact) mass is 603 g/mol. The van der Waals surface area contributed by atoms with Crippen molar-refractivity contribution in [3.05, 3.63) is 93.5 Å². The highest BCUT2D eigenvalue weighted by molar-refractivity contribution is 7.92. The number of halogens is 2. The number of carbonyl (C=O) groups excluding carboxylic acids is 2. The van der Waals surface area contributed by atoms with Gasteiger partial charge in [0.15, 0.2) is 0 Å². The molecule has 2 atom stereocenters. The zero-order chi connectivity index (χ0) is 29.6. The van der Waals surface area contributed by atoms with Crippen LogP contribution in [0, 0.1) is 13.8 Å². The van der Waals surface area contributed by atoms with Gasteiger partial charge < -0.3 is 10.2 Å². The Bertz CT molecular complexity index is 1440. The minimum Gasteiger partial charge on any atom is -0.352 e. The van der Waals surface area contributed by atoms with E-state index in [-0.39, 0.29) is 39.1 Å². The molecule has 0 aromatic heterocycles. The SMILES string of the molecule is CC[C@H](C)NC(=O)[C@H](C)N(Cc1ccc(C)cc1)C(=O)CN(c1ccc(Cl)c(Cl)c1)S(=O)(=O)c1ccc(C)cc1. The van der Waals surface area contributed by atoms with Gasteiger partial charge in [-0.05, 0) is 70.0 Å². The summed E-state index contributed by atoms with van der Waals surface area (Å²) < 4.78 is 28.8. The van der Waals surface area contributed by atoms with Crippen molar-refractivity contribution < 1.29 is 18.0 Å². The lowest BCUT2D eigenvalue weighted by Gasteiger charge is -2.32. The quantitative estimate of drug-likeness (QED) is 0.285. The summed E-state index contributed by atoms with van der Waals surface area (Å²) in [5.41, 5.74) is 2.93. The predicted molar refractivity (Wildman–Crippen MR) is 161 cm³/mol. The second-order valence-electron chi connectivity index (χ2n) is 9.92. The van der Waals surface area contributed by atoms with Gasteiger partial charge in [0.05, 0.1) is 20.6 Å². The van der Waals surface area contributed by atoms with Gasteiger partial charge in [0.1, 0.15) is 12.6 Å². The van der Waals surface area contributed by atoms with E-state index in [4.69, 9.17) is 23.2 Å². The fourth-order valence-corrected chi connectivity index (χ4v) is 5.64. The van der Waals surface area contributed by atoms with Gasteiger partial charge in [0.25, 0.3) is 10.0 Å². The van der Waals surface area contributed by atoms with Crippen molar-refractivity contribution in [2.45, 2.75) is 64.6 Å². The number of benzene rings is 3. The van der Waals surface area contributed by atoms with E-state index in [9.17, 15) is 18.0 Å². The molecule has 0 aliphatic carbocycles. The van der Waals surface area contributed by atoms with E-state index in [2.05, 4.69) is 5.32 Å². The van der Waals surface area contributed by atoms with Crippen LogP contribution in [0.2, 0.25) is 10.0 Å². The molecule has 0 radical (unpaired) electrons. The van der Waals surface area contributed by atoms with Crippen LogP contribution < -0.4 is 9.62 Å². The van der Waals surface area contributed by atoms with E-state index in [1.807, 2.05) is 52.0 Å². The maximum Gasteiger partial charge on any atom is 0.264 e. The number of aryl methyl sites for hydroxylation is 2. The van der Waals surface area contributed by atoms with Gasteiger partial charge in [-0.3, -0.25) is 13.9 Å². The van der Waals surface area contributed by atoms with Gasteiger partial charge in [0, 0.05) is 12.6 Å². The van der Waals surface area contributed by atoms with Crippen molar-refractivity contribution in [2.24, 2.45) is 0 Å². The van der Waals surface area contributed by atoms with Crippen molar-refractivity contribution >= 4 is 50.7 Å². The lowest BCUT2D eigenvalue weighted by molar-refractivity contribution is -0.139. The van der Waals surface area contributed by atoms with Crippen LogP contribution in [0.15, 0.2) is 71.6 Å². The average Bonchev–Trinajstić information content (AvgIpc) is 2.92. The lowest BCUT2D eigenvalue weighted by Crippen LogP contribution is -2.52. The van der Waals surface area contributed by atoms with Gasteiger partial charge in [-0.1, -0.05) is 77.7 Å². The first-order chi connectivity index (χ1) is 18.8. The molecule has 7 nitrogen and oxygen atoms in total. The highest BCUT2D eigenvalue weighted by atomic mass is 35.5. The topological polar surface area (TPSA) is 86.8 Å². The highest BCUT2D eigenvalue weighted by Crippen LogP contribution is 2.31. The van der Waals surface area contributed by atoms with Gasteiger partial charge in [-0.15, -0.1) is 0 Å². The number of anilines is 1. The third-order valence-electron chi connectivity index (χ3n) is 6.72. The fourth-order valence-electron chi connectivity index (χ4n) is 3.94. The normalized spacial score (nSPS) is 12.9. The molecule has 40 heavy (non-hydrogen) atoms. The van der Waals surface area contributed by atoms with Crippen LogP contribution in [-0.4, -0.2) is 43.8 Å². The van der Waals surface area contributed by atoms with Gasteiger partial charge in [0.2, 0.25) is 11.8 Å². The van der Waals surface area contributed by atoms with E-state index in [1.54, 1.807) is 19.1 Å². The number of amides is 2. The Morgan fingerprint density at radius 1 is 0.875 bits per heavy atom. The number of hydrogen-bond acceptors (Lipinski definition) is 4. The maximum atomic E-state index is 14.0. The molecule has 3 aromatic rings. The number of hydrogen-bond donors (Lipinski definition) is 1. The molecule has 10 heteroatoms. The molecule has 2 amide bonds. The summed E-state index contributed by atoms with van der Waals surface area (Å²) in [6, 6.07) is 17.4. The third-order valence-corrected chi connectivity index (χ3v) is 9.25. The van der Waals surface area contributed by atoms with Crippen LogP contribution in [0.5, 0.6) is 0 Å². The first-order valence-corrected chi connectivity index (χ1v) is 15.2. The summed E-state index contributed by atoms with van der Waals surface area (Å²) in [7, 11) is -4.19. The molecule has 0 saturated carbocycles. The fraction of sp³-hybridized carbons (Fsp3) is 0.333. The van der Waals surface area contributed by atoms with E-state index in [0.717, 1.165) is 27.4 Å². The summed E-state index contributed by atoms with van der Waals surface area (Å²) in [4.78, 5) is 28.5. The number of carbonyl (C=O) groups is 2. The number of nitrogens with zero attached hydrogens (tertiary/aromatic N) is 2. The van der Waals surface area contributed by atoms with Gasteiger partial charge in [-0.25, -0.2) is 8.42 Å². The second-order valence-corrected chi connectivity index (χ2v) is 12.6. The van der Waals surface area contributed by atoms with Crippen LogP contribution >= 0.6 is 23.2 Å². The molecular weight excluding hydrogens is 569 g/mol. The Balaban J connectivity index is 2.04. The Kier molecular flexibility index (Phi) is 10.6. The maximum absolute atomic E-state index is 14.0. The summed E-state index contributed by atoms with van der Waals surface area (Å²) in [6.45, 7) is 8.86. The summed E-state index contributed by atoms with van der Waals surface area (Å²) >= 11 is 12.3. The summed E-state index contributed by atoms with van der Waals surface area (Å²) in [5, 5.41) is 3.32.